The van der Waals surface area contributed by atoms with Crippen molar-refractivity contribution < 1.29 is 13.5 Å². The SMILES string of the molecule is N#CC1(O)CN(c2ccc(S(N)(=O)=O)cc2)C(c2ccc(Cl)cc2)=N1. The topological polar surface area (TPSA) is 120 Å². The highest BCUT2D eigenvalue weighted by molar-refractivity contribution is 7.89. The van der Waals surface area contributed by atoms with Crippen LogP contribution in [0.5, 0.6) is 0 Å². The molecule has 128 valence electrons. The van der Waals surface area contributed by atoms with Gasteiger partial charge in [-0.2, -0.15) is 5.26 Å². The average Bonchev–Trinajstić information content (AvgIpc) is 2.94. The Kier molecular flexibility index (Phi) is 4.26. The molecule has 0 saturated carbocycles. The van der Waals surface area contributed by atoms with Crippen LogP contribution in [0.2, 0.25) is 5.02 Å². The number of sulfonamides is 1. The minimum Gasteiger partial charge on any atom is -0.356 e. The quantitative estimate of drug-likeness (QED) is 0.786. The fraction of sp³-hybridized carbons (Fsp3) is 0.125. The molecule has 0 aromatic heterocycles. The molecule has 3 N–H and O–H groups in total. The smallest absolute Gasteiger partial charge is 0.265 e. The largest absolute Gasteiger partial charge is 0.356 e. The molecule has 1 heterocycles. The predicted octanol–water partition coefficient (Wildman–Crippen LogP) is 1.47. The minimum atomic E-state index is -3.81. The van der Waals surface area contributed by atoms with Crippen LogP contribution in [0.25, 0.3) is 0 Å². The molecule has 0 amide bonds. The normalized spacial score (nSPS) is 20.2. The van der Waals surface area contributed by atoms with E-state index in [-0.39, 0.29) is 11.4 Å². The van der Waals surface area contributed by atoms with Crippen molar-refractivity contribution in [3.8, 4) is 6.07 Å². The Morgan fingerprint density at radius 3 is 2.32 bits per heavy atom. The zero-order chi connectivity index (χ0) is 18.2. The van der Waals surface area contributed by atoms with E-state index in [4.69, 9.17) is 16.7 Å². The Morgan fingerprint density at radius 1 is 1.20 bits per heavy atom. The first-order valence-electron chi connectivity index (χ1n) is 7.12. The molecule has 0 fully saturated rings. The lowest BCUT2D eigenvalue weighted by Crippen LogP contribution is -2.35. The third-order valence-corrected chi connectivity index (χ3v) is 4.86. The van der Waals surface area contributed by atoms with Crippen LogP contribution >= 0.6 is 11.6 Å². The average molecular weight is 377 g/mol. The van der Waals surface area contributed by atoms with Gasteiger partial charge in [0.05, 0.1) is 11.4 Å². The lowest BCUT2D eigenvalue weighted by atomic mass is 10.1. The van der Waals surface area contributed by atoms with Gasteiger partial charge in [-0.3, -0.25) is 0 Å². The highest BCUT2D eigenvalue weighted by atomic mass is 35.5. The third kappa shape index (κ3) is 3.50. The fourth-order valence-electron chi connectivity index (χ4n) is 2.48. The van der Waals surface area contributed by atoms with Crippen molar-refractivity contribution in [3.05, 3.63) is 59.1 Å². The van der Waals surface area contributed by atoms with Gasteiger partial charge >= 0.3 is 0 Å². The van der Waals surface area contributed by atoms with Crippen molar-refractivity contribution in [2.75, 3.05) is 11.4 Å². The standard InChI is InChI=1S/C16H13ClN4O3S/c17-12-3-1-11(2-4-12)15-20-16(22,9-18)10-21(15)13-5-7-14(8-6-13)25(19,23)24/h1-8,22H,10H2,(H2,19,23,24). The van der Waals surface area contributed by atoms with Crippen LogP contribution in [0.4, 0.5) is 5.69 Å². The number of nitrogens with zero attached hydrogens (tertiary/aromatic N) is 3. The number of hydrogen-bond acceptors (Lipinski definition) is 6. The summed E-state index contributed by atoms with van der Waals surface area (Å²) in [5, 5.41) is 25.1. The zero-order valence-corrected chi connectivity index (χ0v) is 14.4. The second-order valence-corrected chi connectivity index (χ2v) is 7.49. The van der Waals surface area contributed by atoms with Gasteiger partial charge in [0.15, 0.2) is 0 Å². The van der Waals surface area contributed by atoms with Gasteiger partial charge in [-0.05, 0) is 48.5 Å². The van der Waals surface area contributed by atoms with Crippen LogP contribution in [0, 0.1) is 11.3 Å². The molecule has 2 aromatic rings. The molecule has 1 aliphatic heterocycles. The molecule has 1 atom stereocenters. The maximum absolute atomic E-state index is 11.4. The van der Waals surface area contributed by atoms with Crippen molar-refractivity contribution in [3.63, 3.8) is 0 Å². The molecule has 0 bridgehead atoms. The summed E-state index contributed by atoms with van der Waals surface area (Å²) in [5.74, 6) is 0.379. The van der Waals surface area contributed by atoms with Gasteiger partial charge in [-0.25, -0.2) is 18.5 Å². The molecule has 2 aromatic carbocycles. The summed E-state index contributed by atoms with van der Waals surface area (Å²) in [6.07, 6.45) is 0. The van der Waals surface area contributed by atoms with E-state index in [2.05, 4.69) is 4.99 Å². The number of nitrogens with two attached hydrogens (primary N) is 1. The summed E-state index contributed by atoms with van der Waals surface area (Å²) < 4.78 is 22.8. The lowest BCUT2D eigenvalue weighted by Gasteiger charge is -2.21. The van der Waals surface area contributed by atoms with Crippen LogP contribution in [0.15, 0.2) is 58.4 Å². The Balaban J connectivity index is 2.03. The van der Waals surface area contributed by atoms with Crippen molar-refractivity contribution >= 4 is 33.1 Å². The maximum atomic E-state index is 11.4. The Morgan fingerprint density at radius 2 is 1.80 bits per heavy atom. The number of β-amino-alcohol motifs (C(OH)–C–C–N with tert-alkyl or cyclic N) is 1. The van der Waals surface area contributed by atoms with E-state index in [1.54, 1.807) is 35.2 Å². The molecule has 1 aliphatic rings. The van der Waals surface area contributed by atoms with Gasteiger partial charge in [-0.1, -0.05) is 11.6 Å². The molecular weight excluding hydrogens is 364 g/mol. The lowest BCUT2D eigenvalue weighted by molar-refractivity contribution is 0.127. The van der Waals surface area contributed by atoms with Crippen LogP contribution in [0.1, 0.15) is 5.56 Å². The van der Waals surface area contributed by atoms with E-state index in [1.165, 1.54) is 24.3 Å². The maximum Gasteiger partial charge on any atom is 0.265 e. The molecule has 25 heavy (non-hydrogen) atoms. The first kappa shape index (κ1) is 17.4. The second kappa shape index (κ2) is 6.13. The van der Waals surface area contributed by atoms with Gasteiger partial charge in [0.2, 0.25) is 10.0 Å². The van der Waals surface area contributed by atoms with Crippen LogP contribution in [0.3, 0.4) is 0 Å². The van der Waals surface area contributed by atoms with Gasteiger partial charge in [0.25, 0.3) is 5.72 Å². The van der Waals surface area contributed by atoms with Gasteiger partial charge in [0, 0.05) is 16.3 Å². The number of amidine groups is 1. The summed E-state index contributed by atoms with van der Waals surface area (Å²) >= 11 is 5.89. The number of rotatable bonds is 3. The minimum absolute atomic E-state index is 0.0315. The monoisotopic (exact) mass is 376 g/mol. The molecular formula is C16H13ClN4O3S. The van der Waals surface area contributed by atoms with E-state index >= 15 is 0 Å². The van der Waals surface area contributed by atoms with E-state index in [0.29, 0.717) is 22.1 Å². The Hall–Kier alpha value is -2.44. The van der Waals surface area contributed by atoms with E-state index in [9.17, 15) is 18.8 Å². The fourth-order valence-corrected chi connectivity index (χ4v) is 3.12. The number of benzene rings is 2. The third-order valence-electron chi connectivity index (χ3n) is 3.68. The van der Waals surface area contributed by atoms with Crippen molar-refractivity contribution in [2.45, 2.75) is 10.6 Å². The predicted molar refractivity (Wildman–Crippen MR) is 93.7 cm³/mol. The zero-order valence-electron chi connectivity index (χ0n) is 12.8. The molecule has 0 spiro atoms. The Labute approximate surface area is 149 Å². The molecule has 7 nitrogen and oxygen atoms in total. The molecule has 0 radical (unpaired) electrons. The van der Waals surface area contributed by atoms with E-state index < -0.39 is 15.7 Å². The number of nitriles is 1. The molecule has 9 heteroatoms. The number of halogens is 1. The number of hydrogen-bond donors (Lipinski definition) is 2. The van der Waals surface area contributed by atoms with Gasteiger partial charge < -0.3 is 10.0 Å². The van der Waals surface area contributed by atoms with E-state index in [0.717, 1.165) is 0 Å². The number of primary sulfonamides is 1. The summed E-state index contributed by atoms with van der Waals surface area (Å²) in [6, 6.07) is 14.3. The number of aliphatic hydroxyl groups is 1. The molecule has 0 aliphatic carbocycles. The van der Waals surface area contributed by atoms with Gasteiger partial charge in [0.1, 0.15) is 11.9 Å². The Bertz CT molecular complexity index is 982. The first-order valence-corrected chi connectivity index (χ1v) is 9.04. The van der Waals surface area contributed by atoms with Crippen LogP contribution < -0.4 is 10.0 Å². The van der Waals surface area contributed by atoms with E-state index in [1.807, 2.05) is 0 Å². The van der Waals surface area contributed by atoms with Gasteiger partial charge in [-0.15, -0.1) is 0 Å². The van der Waals surface area contributed by atoms with Crippen molar-refractivity contribution in [2.24, 2.45) is 10.1 Å². The summed E-state index contributed by atoms with van der Waals surface area (Å²) in [6.45, 7) is -0.0871. The summed E-state index contributed by atoms with van der Waals surface area (Å²) in [5.41, 5.74) is -0.675. The highest BCUT2D eigenvalue weighted by Crippen LogP contribution is 2.29. The number of anilines is 1. The van der Waals surface area contributed by atoms with Crippen molar-refractivity contribution in [1.82, 2.24) is 0 Å². The summed E-state index contributed by atoms with van der Waals surface area (Å²) in [4.78, 5) is 5.71. The van der Waals surface area contributed by atoms with Crippen molar-refractivity contribution in [1.29, 1.82) is 5.26 Å². The second-order valence-electron chi connectivity index (χ2n) is 5.50. The van der Waals surface area contributed by atoms with Crippen LogP contribution in [-0.2, 0) is 10.0 Å². The van der Waals surface area contributed by atoms with Crippen LogP contribution in [-0.4, -0.2) is 31.6 Å². The molecule has 1 unspecified atom stereocenters. The number of aliphatic imine (C=N–C) groups is 1. The first-order chi connectivity index (χ1) is 11.7. The molecule has 3 rings (SSSR count). The highest BCUT2D eigenvalue weighted by Gasteiger charge is 2.39. The molecule has 0 saturated heterocycles. The summed E-state index contributed by atoms with van der Waals surface area (Å²) in [7, 11) is -3.81.